The van der Waals surface area contributed by atoms with Gasteiger partial charge in [-0.1, -0.05) is 26.2 Å². The molecule has 0 aromatic rings. The first-order chi connectivity index (χ1) is 9.87. The third-order valence-electron chi connectivity index (χ3n) is 4.61. The lowest BCUT2D eigenvalue weighted by atomic mass is 9.81. The Labute approximate surface area is 129 Å². The zero-order chi connectivity index (χ0) is 15.5. The van der Waals surface area contributed by atoms with E-state index in [1.807, 2.05) is 13.8 Å². The second-order valence-electron chi connectivity index (χ2n) is 6.90. The van der Waals surface area contributed by atoms with Crippen LogP contribution in [0.3, 0.4) is 0 Å². The van der Waals surface area contributed by atoms with Gasteiger partial charge < -0.3 is 4.74 Å². The molecule has 1 saturated heterocycles. The fourth-order valence-corrected chi connectivity index (χ4v) is 5.00. The van der Waals surface area contributed by atoms with Gasteiger partial charge in [-0.25, -0.2) is 4.72 Å². The molecule has 0 amide bonds. The number of hydrogen-bond donors (Lipinski definition) is 1. The highest BCUT2D eigenvalue weighted by Crippen LogP contribution is 2.30. The molecule has 0 aromatic heterocycles. The highest BCUT2D eigenvalue weighted by Gasteiger charge is 2.30. The van der Waals surface area contributed by atoms with Crippen LogP contribution in [-0.4, -0.2) is 44.6 Å². The van der Waals surface area contributed by atoms with E-state index < -0.39 is 10.2 Å². The Balaban J connectivity index is 1.78. The van der Waals surface area contributed by atoms with E-state index in [4.69, 9.17) is 4.74 Å². The van der Waals surface area contributed by atoms with E-state index >= 15 is 0 Å². The zero-order valence-electron chi connectivity index (χ0n) is 13.5. The molecule has 21 heavy (non-hydrogen) atoms. The van der Waals surface area contributed by atoms with Crippen molar-refractivity contribution in [1.82, 2.24) is 9.03 Å². The van der Waals surface area contributed by atoms with Gasteiger partial charge in [0.2, 0.25) is 0 Å². The van der Waals surface area contributed by atoms with Crippen LogP contribution in [0.25, 0.3) is 0 Å². The predicted molar refractivity (Wildman–Crippen MR) is 84.2 cm³/mol. The Kier molecular flexibility index (Phi) is 6.05. The lowest BCUT2D eigenvalue weighted by molar-refractivity contribution is -0.0443. The molecule has 1 N–H and O–H groups in total. The highest BCUT2D eigenvalue weighted by molar-refractivity contribution is 7.87. The van der Waals surface area contributed by atoms with Crippen LogP contribution in [0.5, 0.6) is 0 Å². The van der Waals surface area contributed by atoms with E-state index in [1.165, 1.54) is 30.0 Å². The van der Waals surface area contributed by atoms with Crippen LogP contribution in [0, 0.1) is 11.8 Å². The first-order valence-electron chi connectivity index (χ1n) is 8.27. The summed E-state index contributed by atoms with van der Waals surface area (Å²) in [7, 11) is -3.36. The van der Waals surface area contributed by atoms with Crippen LogP contribution in [0.2, 0.25) is 0 Å². The molecule has 2 rings (SSSR count). The van der Waals surface area contributed by atoms with Crippen molar-refractivity contribution in [2.75, 3.05) is 19.6 Å². The standard InChI is InChI=1S/C15H30N2O3S/c1-12-5-4-6-15(9-12)7-8-16-21(18,19)17-10-13(2)20-14(3)11-17/h12-16H,4-11H2,1-3H3/t12-,13+,14+,15-/m1/s1. The quantitative estimate of drug-likeness (QED) is 0.845. The molecule has 124 valence electrons. The average molecular weight is 318 g/mol. The van der Waals surface area contributed by atoms with Crippen molar-refractivity contribution in [3.05, 3.63) is 0 Å². The predicted octanol–water partition coefficient (Wildman–Crippen LogP) is 2.15. The number of ether oxygens (including phenoxy) is 1. The smallest absolute Gasteiger partial charge is 0.279 e. The van der Waals surface area contributed by atoms with Crippen molar-refractivity contribution < 1.29 is 13.2 Å². The molecule has 4 atom stereocenters. The fourth-order valence-electron chi connectivity index (χ4n) is 3.63. The Morgan fingerprint density at radius 1 is 1.14 bits per heavy atom. The minimum Gasteiger partial charge on any atom is -0.373 e. The molecule has 1 aliphatic carbocycles. The van der Waals surface area contributed by atoms with Gasteiger partial charge >= 0.3 is 0 Å². The molecule has 0 spiro atoms. The van der Waals surface area contributed by atoms with Gasteiger partial charge in [-0.3, -0.25) is 0 Å². The van der Waals surface area contributed by atoms with Gasteiger partial charge in [-0.2, -0.15) is 12.7 Å². The van der Waals surface area contributed by atoms with Crippen LogP contribution in [-0.2, 0) is 14.9 Å². The van der Waals surface area contributed by atoms with E-state index in [1.54, 1.807) is 0 Å². The molecular formula is C15H30N2O3S. The summed E-state index contributed by atoms with van der Waals surface area (Å²) in [6, 6.07) is 0. The molecular weight excluding hydrogens is 288 g/mol. The van der Waals surface area contributed by atoms with E-state index in [-0.39, 0.29) is 12.2 Å². The second kappa shape index (κ2) is 7.40. The summed E-state index contributed by atoms with van der Waals surface area (Å²) in [6.07, 6.45) is 5.99. The zero-order valence-corrected chi connectivity index (χ0v) is 14.4. The SMILES string of the molecule is C[C@@H]1CCC[C@H](CCNS(=O)(=O)N2C[C@H](C)O[C@@H](C)C2)C1. The van der Waals surface area contributed by atoms with Crippen molar-refractivity contribution in [3.63, 3.8) is 0 Å². The van der Waals surface area contributed by atoms with Crippen LogP contribution in [0.1, 0.15) is 52.9 Å². The summed E-state index contributed by atoms with van der Waals surface area (Å²) in [6.45, 7) is 7.58. The number of nitrogens with one attached hydrogen (secondary N) is 1. The van der Waals surface area contributed by atoms with Crippen LogP contribution < -0.4 is 4.72 Å². The first-order valence-corrected chi connectivity index (χ1v) is 9.71. The summed E-state index contributed by atoms with van der Waals surface area (Å²) in [5.74, 6) is 1.47. The van der Waals surface area contributed by atoms with E-state index in [2.05, 4.69) is 11.6 Å². The van der Waals surface area contributed by atoms with Gasteiger partial charge in [0.25, 0.3) is 10.2 Å². The minimum atomic E-state index is -3.36. The van der Waals surface area contributed by atoms with Gasteiger partial charge in [-0.05, 0) is 38.5 Å². The Morgan fingerprint density at radius 3 is 2.43 bits per heavy atom. The summed E-state index contributed by atoms with van der Waals surface area (Å²) in [5, 5.41) is 0. The molecule has 2 fully saturated rings. The number of rotatable bonds is 5. The molecule has 5 nitrogen and oxygen atoms in total. The van der Waals surface area contributed by atoms with Crippen LogP contribution in [0.15, 0.2) is 0 Å². The first kappa shape index (κ1) is 17.2. The molecule has 6 heteroatoms. The molecule has 0 aromatic carbocycles. The molecule has 2 aliphatic rings. The van der Waals surface area contributed by atoms with Crippen molar-refractivity contribution in [2.24, 2.45) is 11.8 Å². The lowest BCUT2D eigenvalue weighted by Gasteiger charge is -2.34. The summed E-state index contributed by atoms with van der Waals surface area (Å²) in [4.78, 5) is 0. The van der Waals surface area contributed by atoms with Gasteiger partial charge in [0.15, 0.2) is 0 Å². The molecule has 0 bridgehead atoms. The minimum absolute atomic E-state index is 0.0375. The highest BCUT2D eigenvalue weighted by atomic mass is 32.2. The van der Waals surface area contributed by atoms with Gasteiger partial charge in [0, 0.05) is 19.6 Å². The largest absolute Gasteiger partial charge is 0.373 e. The monoisotopic (exact) mass is 318 g/mol. The Bertz CT molecular complexity index is 417. The maximum Gasteiger partial charge on any atom is 0.279 e. The van der Waals surface area contributed by atoms with E-state index in [0.29, 0.717) is 25.6 Å². The fraction of sp³-hybridized carbons (Fsp3) is 1.00. The second-order valence-corrected chi connectivity index (χ2v) is 8.66. The molecule has 1 aliphatic heterocycles. The summed E-state index contributed by atoms with van der Waals surface area (Å²) < 4.78 is 34.6. The van der Waals surface area contributed by atoms with Crippen molar-refractivity contribution >= 4 is 10.2 Å². The third kappa shape index (κ3) is 5.20. The van der Waals surface area contributed by atoms with Crippen LogP contribution in [0.4, 0.5) is 0 Å². The Hall–Kier alpha value is -0.170. The molecule has 0 radical (unpaired) electrons. The molecule has 1 saturated carbocycles. The topological polar surface area (TPSA) is 58.6 Å². The van der Waals surface area contributed by atoms with Gasteiger partial charge in [-0.15, -0.1) is 0 Å². The molecule has 0 unspecified atom stereocenters. The lowest BCUT2D eigenvalue weighted by Crippen LogP contribution is -2.52. The van der Waals surface area contributed by atoms with Crippen molar-refractivity contribution in [2.45, 2.75) is 65.1 Å². The summed E-state index contributed by atoms with van der Waals surface area (Å²) >= 11 is 0. The Morgan fingerprint density at radius 2 is 1.81 bits per heavy atom. The van der Waals surface area contributed by atoms with Crippen molar-refractivity contribution in [1.29, 1.82) is 0 Å². The normalized spacial score (nSPS) is 35.8. The number of hydrogen-bond acceptors (Lipinski definition) is 3. The van der Waals surface area contributed by atoms with Crippen molar-refractivity contribution in [3.8, 4) is 0 Å². The maximum atomic E-state index is 12.3. The van der Waals surface area contributed by atoms with E-state index in [0.717, 1.165) is 12.3 Å². The maximum absolute atomic E-state index is 12.3. The third-order valence-corrected chi connectivity index (χ3v) is 6.15. The average Bonchev–Trinajstić information content (AvgIpc) is 2.37. The van der Waals surface area contributed by atoms with Gasteiger partial charge in [0.05, 0.1) is 12.2 Å². The number of nitrogens with zero attached hydrogens (tertiary/aromatic N) is 1. The van der Waals surface area contributed by atoms with Crippen LogP contribution >= 0.6 is 0 Å². The van der Waals surface area contributed by atoms with E-state index in [9.17, 15) is 8.42 Å². The summed E-state index contributed by atoms with van der Waals surface area (Å²) in [5.41, 5.74) is 0. The van der Waals surface area contributed by atoms with Gasteiger partial charge in [0.1, 0.15) is 0 Å². The number of morpholine rings is 1. The molecule has 1 heterocycles.